The van der Waals surface area contributed by atoms with E-state index in [0.29, 0.717) is 12.1 Å². The number of hydrogen-bond donors (Lipinski definition) is 2. The van der Waals surface area contributed by atoms with Gasteiger partial charge in [-0.3, -0.25) is 9.69 Å². The first-order chi connectivity index (χ1) is 9.39. The highest BCUT2D eigenvalue weighted by Crippen LogP contribution is 2.12. The molecule has 2 N–H and O–H groups in total. The number of likely N-dealkylation sites (N-methyl/N-ethyl adjacent to an activating group) is 1. The van der Waals surface area contributed by atoms with Gasteiger partial charge in [-0.05, 0) is 38.6 Å². The molecule has 1 aromatic rings. The smallest absolute Gasteiger partial charge is 0.238 e. The van der Waals surface area contributed by atoms with E-state index in [2.05, 4.69) is 11.4 Å². The van der Waals surface area contributed by atoms with Crippen LogP contribution < -0.4 is 5.32 Å². The number of carbonyl (C=O) groups is 1. The molecule has 0 saturated heterocycles. The topological polar surface area (TPSA) is 76.4 Å². The van der Waals surface area contributed by atoms with Crippen LogP contribution in [0.3, 0.4) is 0 Å². The molecule has 1 amide bonds. The maximum Gasteiger partial charge on any atom is 0.238 e. The van der Waals surface area contributed by atoms with Crippen molar-refractivity contribution in [3.8, 4) is 6.07 Å². The lowest BCUT2D eigenvalue weighted by Crippen LogP contribution is -2.47. The number of anilines is 1. The average Bonchev–Trinajstić information content (AvgIpc) is 2.41. The van der Waals surface area contributed by atoms with Crippen molar-refractivity contribution in [2.45, 2.75) is 25.8 Å². The third-order valence-electron chi connectivity index (χ3n) is 3.32. The Morgan fingerprint density at radius 1 is 1.40 bits per heavy atom. The normalized spacial score (nSPS) is 11.2. The summed E-state index contributed by atoms with van der Waals surface area (Å²) in [6.45, 7) is 3.93. The van der Waals surface area contributed by atoms with Crippen molar-refractivity contribution in [1.82, 2.24) is 4.90 Å². The van der Waals surface area contributed by atoms with Crippen LogP contribution in [0.25, 0.3) is 0 Å². The zero-order chi connectivity index (χ0) is 15.2. The predicted molar refractivity (Wildman–Crippen MR) is 78.2 cm³/mol. The molecule has 20 heavy (non-hydrogen) atoms. The lowest BCUT2D eigenvalue weighted by Gasteiger charge is -2.33. The Hall–Kier alpha value is -1.90. The standard InChI is InChI=1S/C15H21N3O2/c1-15(2,11-19)18(3)10-14(20)17-13-6-4-12(5-7-13)8-9-16/h4-7,19H,8,10-11H2,1-3H3,(H,17,20). The maximum absolute atomic E-state index is 11.9. The molecule has 0 aromatic heterocycles. The minimum Gasteiger partial charge on any atom is -0.394 e. The minimum atomic E-state index is -0.437. The van der Waals surface area contributed by atoms with Crippen molar-refractivity contribution in [1.29, 1.82) is 5.26 Å². The van der Waals surface area contributed by atoms with Gasteiger partial charge in [0.05, 0.1) is 25.6 Å². The number of nitriles is 1. The summed E-state index contributed by atoms with van der Waals surface area (Å²) in [5, 5.41) is 20.6. The molecule has 0 fully saturated rings. The number of benzene rings is 1. The van der Waals surface area contributed by atoms with Gasteiger partial charge in [0.2, 0.25) is 5.91 Å². The molecule has 0 unspecified atom stereocenters. The molecule has 1 rings (SSSR count). The van der Waals surface area contributed by atoms with Crippen LogP contribution in [-0.4, -0.2) is 41.7 Å². The van der Waals surface area contributed by atoms with Crippen molar-refractivity contribution in [3.05, 3.63) is 29.8 Å². The molecule has 5 nitrogen and oxygen atoms in total. The van der Waals surface area contributed by atoms with E-state index in [1.807, 2.05) is 26.0 Å². The lowest BCUT2D eigenvalue weighted by atomic mass is 10.1. The van der Waals surface area contributed by atoms with Gasteiger partial charge in [0.15, 0.2) is 0 Å². The van der Waals surface area contributed by atoms with Crippen LogP contribution in [0.4, 0.5) is 5.69 Å². The Morgan fingerprint density at radius 2 is 2.00 bits per heavy atom. The SMILES string of the molecule is CN(CC(=O)Nc1ccc(CC#N)cc1)C(C)(C)CO. The second kappa shape index (κ2) is 7.04. The molecule has 0 saturated carbocycles. The van der Waals surface area contributed by atoms with Gasteiger partial charge >= 0.3 is 0 Å². The number of rotatable bonds is 6. The van der Waals surface area contributed by atoms with Gasteiger partial charge in [-0.1, -0.05) is 12.1 Å². The van der Waals surface area contributed by atoms with Gasteiger partial charge in [-0.15, -0.1) is 0 Å². The first-order valence-electron chi connectivity index (χ1n) is 6.47. The van der Waals surface area contributed by atoms with Crippen LogP contribution in [0.15, 0.2) is 24.3 Å². The number of amides is 1. The molecule has 0 atom stereocenters. The number of aliphatic hydroxyl groups excluding tert-OH is 1. The second-order valence-corrected chi connectivity index (χ2v) is 5.41. The molecule has 0 aliphatic carbocycles. The summed E-state index contributed by atoms with van der Waals surface area (Å²) >= 11 is 0. The Balaban J connectivity index is 2.56. The van der Waals surface area contributed by atoms with Gasteiger partial charge in [0.1, 0.15) is 0 Å². The van der Waals surface area contributed by atoms with Crippen molar-refractivity contribution < 1.29 is 9.90 Å². The van der Waals surface area contributed by atoms with E-state index in [1.54, 1.807) is 24.1 Å². The van der Waals surface area contributed by atoms with Crippen LogP contribution in [0.5, 0.6) is 0 Å². The quantitative estimate of drug-likeness (QED) is 0.822. The van der Waals surface area contributed by atoms with Crippen molar-refractivity contribution >= 4 is 11.6 Å². The largest absolute Gasteiger partial charge is 0.394 e. The molecular weight excluding hydrogens is 254 g/mol. The Labute approximate surface area is 119 Å². The molecule has 5 heteroatoms. The van der Waals surface area contributed by atoms with E-state index in [-0.39, 0.29) is 19.1 Å². The monoisotopic (exact) mass is 275 g/mol. The molecule has 0 aliphatic heterocycles. The van der Waals surface area contributed by atoms with Crippen molar-refractivity contribution in [2.75, 3.05) is 25.5 Å². The van der Waals surface area contributed by atoms with Crippen LogP contribution in [-0.2, 0) is 11.2 Å². The first kappa shape index (κ1) is 16.2. The average molecular weight is 275 g/mol. The van der Waals surface area contributed by atoms with E-state index < -0.39 is 5.54 Å². The Kier molecular flexibility index (Phi) is 5.68. The Morgan fingerprint density at radius 3 is 2.50 bits per heavy atom. The van der Waals surface area contributed by atoms with Crippen LogP contribution in [0.2, 0.25) is 0 Å². The van der Waals surface area contributed by atoms with Crippen LogP contribution >= 0.6 is 0 Å². The summed E-state index contributed by atoms with van der Waals surface area (Å²) < 4.78 is 0. The summed E-state index contributed by atoms with van der Waals surface area (Å²) in [5.74, 6) is -0.137. The highest BCUT2D eigenvalue weighted by Gasteiger charge is 2.24. The van der Waals surface area contributed by atoms with Crippen LogP contribution in [0.1, 0.15) is 19.4 Å². The van der Waals surface area contributed by atoms with Gasteiger partial charge in [-0.25, -0.2) is 0 Å². The molecular formula is C15H21N3O2. The maximum atomic E-state index is 11.9. The molecule has 0 heterocycles. The molecule has 0 radical (unpaired) electrons. The van der Waals surface area contributed by atoms with E-state index >= 15 is 0 Å². The number of nitrogens with zero attached hydrogens (tertiary/aromatic N) is 2. The van der Waals surface area contributed by atoms with Crippen LogP contribution in [0, 0.1) is 11.3 Å². The van der Waals surface area contributed by atoms with Gasteiger partial charge in [0.25, 0.3) is 0 Å². The molecule has 108 valence electrons. The molecule has 0 spiro atoms. The van der Waals surface area contributed by atoms with E-state index in [4.69, 9.17) is 5.26 Å². The summed E-state index contributed by atoms with van der Waals surface area (Å²) in [5.41, 5.74) is 1.18. The van der Waals surface area contributed by atoms with Crippen molar-refractivity contribution in [3.63, 3.8) is 0 Å². The summed E-state index contributed by atoms with van der Waals surface area (Å²) in [6.07, 6.45) is 0.363. The lowest BCUT2D eigenvalue weighted by molar-refractivity contribution is -0.118. The van der Waals surface area contributed by atoms with Crippen molar-refractivity contribution in [2.24, 2.45) is 0 Å². The fraction of sp³-hybridized carbons (Fsp3) is 0.467. The molecule has 0 bridgehead atoms. The third kappa shape index (κ3) is 4.65. The zero-order valence-electron chi connectivity index (χ0n) is 12.2. The number of hydrogen-bond acceptors (Lipinski definition) is 4. The highest BCUT2D eigenvalue weighted by atomic mass is 16.3. The fourth-order valence-electron chi connectivity index (χ4n) is 1.55. The number of carbonyl (C=O) groups excluding carboxylic acids is 1. The third-order valence-corrected chi connectivity index (χ3v) is 3.32. The zero-order valence-corrected chi connectivity index (χ0v) is 12.2. The number of nitrogens with one attached hydrogen (secondary N) is 1. The van der Waals surface area contributed by atoms with E-state index in [9.17, 15) is 9.90 Å². The van der Waals surface area contributed by atoms with Gasteiger partial charge < -0.3 is 10.4 Å². The Bertz CT molecular complexity index is 489. The summed E-state index contributed by atoms with van der Waals surface area (Å²) in [7, 11) is 1.80. The highest BCUT2D eigenvalue weighted by molar-refractivity contribution is 5.92. The molecule has 1 aromatic carbocycles. The second-order valence-electron chi connectivity index (χ2n) is 5.41. The number of aliphatic hydroxyl groups is 1. The van der Waals surface area contributed by atoms with Gasteiger partial charge in [0, 0.05) is 11.2 Å². The van der Waals surface area contributed by atoms with Gasteiger partial charge in [-0.2, -0.15) is 5.26 Å². The predicted octanol–water partition coefficient (Wildman–Crippen LogP) is 1.39. The minimum absolute atomic E-state index is 0.0142. The summed E-state index contributed by atoms with van der Waals surface area (Å²) in [4.78, 5) is 13.7. The van der Waals surface area contributed by atoms with E-state index in [1.165, 1.54) is 0 Å². The molecule has 0 aliphatic rings. The first-order valence-corrected chi connectivity index (χ1v) is 6.47. The van der Waals surface area contributed by atoms with E-state index in [0.717, 1.165) is 5.56 Å². The fourth-order valence-corrected chi connectivity index (χ4v) is 1.55. The summed E-state index contributed by atoms with van der Waals surface area (Å²) in [6, 6.07) is 9.27.